The van der Waals surface area contributed by atoms with Gasteiger partial charge in [0.1, 0.15) is 6.26 Å². The zero-order valence-electron chi connectivity index (χ0n) is 19.1. The van der Waals surface area contributed by atoms with Crippen molar-refractivity contribution in [1.29, 1.82) is 0 Å². The first-order valence-electron chi connectivity index (χ1n) is 10.8. The molecule has 5 aromatic rings. The number of ether oxygens (including phenoxy) is 2. The number of oxazole rings is 1. The molecule has 0 saturated carbocycles. The van der Waals surface area contributed by atoms with Crippen LogP contribution in [0.5, 0.6) is 11.5 Å². The number of carbonyl (C=O) groups excluding carboxylic acids is 1. The van der Waals surface area contributed by atoms with Crippen molar-refractivity contribution in [2.24, 2.45) is 0 Å². The number of hydrogen-bond acceptors (Lipinski definition) is 7. The third-order valence-corrected chi connectivity index (χ3v) is 6.22. The average molecular weight is 487 g/mol. The lowest BCUT2D eigenvalue weighted by molar-refractivity contribution is 0.0945. The summed E-state index contributed by atoms with van der Waals surface area (Å²) in [6, 6.07) is 19.0. The van der Waals surface area contributed by atoms with Gasteiger partial charge in [0.2, 0.25) is 5.89 Å². The molecule has 8 nitrogen and oxygen atoms in total. The second-order valence-electron chi connectivity index (χ2n) is 7.55. The maximum Gasteiger partial charge on any atom is 0.272 e. The Bertz CT molecular complexity index is 1440. The Hall–Kier alpha value is -4.37. The van der Waals surface area contributed by atoms with Gasteiger partial charge in [-0.15, -0.1) is 11.3 Å². The van der Waals surface area contributed by atoms with E-state index >= 15 is 0 Å². The van der Waals surface area contributed by atoms with Crippen LogP contribution in [0.15, 0.2) is 82.9 Å². The minimum atomic E-state index is -0.329. The highest BCUT2D eigenvalue weighted by molar-refractivity contribution is 7.13. The summed E-state index contributed by atoms with van der Waals surface area (Å²) in [5.41, 5.74) is 3.17. The lowest BCUT2D eigenvalue weighted by Gasteiger charge is -2.09. The second kappa shape index (κ2) is 9.86. The van der Waals surface area contributed by atoms with Gasteiger partial charge < -0.3 is 19.2 Å². The normalized spacial score (nSPS) is 10.8. The van der Waals surface area contributed by atoms with Gasteiger partial charge in [0.15, 0.2) is 17.2 Å². The number of benzene rings is 2. The van der Waals surface area contributed by atoms with Crippen molar-refractivity contribution in [3.8, 4) is 39.1 Å². The first-order valence-corrected chi connectivity index (χ1v) is 11.7. The van der Waals surface area contributed by atoms with Crippen molar-refractivity contribution in [1.82, 2.24) is 20.1 Å². The van der Waals surface area contributed by atoms with Crippen LogP contribution in [-0.2, 0) is 6.54 Å². The van der Waals surface area contributed by atoms with E-state index in [-0.39, 0.29) is 18.1 Å². The van der Waals surface area contributed by atoms with Crippen LogP contribution >= 0.6 is 11.3 Å². The zero-order chi connectivity index (χ0) is 24.2. The van der Waals surface area contributed by atoms with E-state index in [1.54, 1.807) is 42.6 Å². The van der Waals surface area contributed by atoms with Crippen LogP contribution in [0, 0.1) is 0 Å². The molecule has 5 rings (SSSR count). The first kappa shape index (κ1) is 22.4. The molecule has 1 N–H and O–H groups in total. The first-order chi connectivity index (χ1) is 17.2. The SMILES string of the molecule is COc1ccc(-c2cn(-c3ccccc3)nc2C(=O)NCc2coc(-c3cccs3)n2)cc1OC. The maximum absolute atomic E-state index is 13.3. The summed E-state index contributed by atoms with van der Waals surface area (Å²) in [7, 11) is 3.16. The van der Waals surface area contributed by atoms with Crippen molar-refractivity contribution in [3.63, 3.8) is 0 Å². The van der Waals surface area contributed by atoms with Crippen LogP contribution in [0.3, 0.4) is 0 Å². The highest BCUT2D eigenvalue weighted by atomic mass is 32.1. The number of aromatic nitrogens is 3. The molecule has 2 aromatic carbocycles. The summed E-state index contributed by atoms with van der Waals surface area (Å²) in [6.07, 6.45) is 3.38. The van der Waals surface area contributed by atoms with E-state index in [0.717, 1.165) is 16.1 Å². The summed E-state index contributed by atoms with van der Waals surface area (Å²) >= 11 is 1.54. The Morgan fingerprint density at radius 1 is 1.06 bits per heavy atom. The van der Waals surface area contributed by atoms with Crippen molar-refractivity contribution in [2.75, 3.05) is 14.2 Å². The van der Waals surface area contributed by atoms with Gasteiger partial charge in [0.25, 0.3) is 5.91 Å². The van der Waals surface area contributed by atoms with Gasteiger partial charge in [-0.2, -0.15) is 5.10 Å². The van der Waals surface area contributed by atoms with Gasteiger partial charge >= 0.3 is 0 Å². The van der Waals surface area contributed by atoms with E-state index in [1.165, 1.54) is 0 Å². The minimum absolute atomic E-state index is 0.206. The number of thiophene rings is 1. The third-order valence-electron chi connectivity index (χ3n) is 5.36. The lowest BCUT2D eigenvalue weighted by atomic mass is 10.1. The topological polar surface area (TPSA) is 91.4 Å². The van der Waals surface area contributed by atoms with Crippen LogP contribution in [0.1, 0.15) is 16.2 Å². The number of hydrogen-bond donors (Lipinski definition) is 1. The Kier molecular flexibility index (Phi) is 6.32. The standard InChI is InChI=1S/C26H22N4O4S/c1-32-21-11-10-17(13-22(21)33-2)20-15-30(19-7-4-3-5-8-19)29-24(20)25(31)27-14-18-16-34-26(28-18)23-9-6-12-35-23/h3-13,15-16H,14H2,1-2H3,(H,27,31). The van der Waals surface area contributed by atoms with Gasteiger partial charge in [-0.25, -0.2) is 9.67 Å². The predicted molar refractivity (Wildman–Crippen MR) is 133 cm³/mol. The van der Waals surface area contributed by atoms with Crippen LogP contribution in [0.25, 0.3) is 27.6 Å². The molecule has 0 radical (unpaired) electrons. The molecule has 0 spiro atoms. The Balaban J connectivity index is 1.45. The van der Waals surface area contributed by atoms with Crippen LogP contribution in [0.4, 0.5) is 0 Å². The number of rotatable bonds is 8. The lowest BCUT2D eigenvalue weighted by Crippen LogP contribution is -2.24. The molecule has 1 amide bonds. The number of nitrogens with one attached hydrogen (secondary N) is 1. The van der Waals surface area contributed by atoms with Crippen molar-refractivity contribution in [2.45, 2.75) is 6.54 Å². The molecule has 0 aliphatic rings. The molecule has 176 valence electrons. The van der Waals surface area contributed by atoms with E-state index in [2.05, 4.69) is 15.4 Å². The van der Waals surface area contributed by atoms with Gasteiger partial charge in [-0.1, -0.05) is 30.3 Å². The van der Waals surface area contributed by atoms with Gasteiger partial charge in [0.05, 0.1) is 37.0 Å². The molecular formula is C26H22N4O4S. The molecule has 0 unspecified atom stereocenters. The predicted octanol–water partition coefficient (Wildman–Crippen LogP) is 5.20. The number of amides is 1. The summed E-state index contributed by atoms with van der Waals surface area (Å²) in [5.74, 6) is 1.37. The molecule has 0 fully saturated rings. The van der Waals surface area contributed by atoms with Gasteiger partial charge in [0, 0.05) is 11.8 Å². The van der Waals surface area contributed by atoms with Gasteiger partial charge in [-0.3, -0.25) is 4.79 Å². The maximum atomic E-state index is 13.3. The van der Waals surface area contributed by atoms with Crippen molar-refractivity contribution >= 4 is 17.2 Å². The summed E-state index contributed by atoms with van der Waals surface area (Å²) in [5, 5.41) is 9.47. The van der Waals surface area contributed by atoms with Crippen LogP contribution < -0.4 is 14.8 Å². The second-order valence-corrected chi connectivity index (χ2v) is 8.49. The summed E-state index contributed by atoms with van der Waals surface area (Å²) in [6.45, 7) is 0.206. The van der Waals surface area contributed by atoms with E-state index in [9.17, 15) is 4.79 Å². The molecule has 0 saturated heterocycles. The monoisotopic (exact) mass is 486 g/mol. The quantitative estimate of drug-likeness (QED) is 0.324. The summed E-state index contributed by atoms with van der Waals surface area (Å²) < 4.78 is 18.1. The fraction of sp³-hybridized carbons (Fsp3) is 0.115. The Morgan fingerprint density at radius 2 is 1.89 bits per heavy atom. The molecule has 0 bridgehead atoms. The molecule has 0 aliphatic carbocycles. The molecule has 35 heavy (non-hydrogen) atoms. The number of nitrogens with zero attached hydrogens (tertiary/aromatic N) is 3. The molecule has 0 aliphatic heterocycles. The number of para-hydroxylation sites is 1. The van der Waals surface area contributed by atoms with Crippen LogP contribution in [0.2, 0.25) is 0 Å². The van der Waals surface area contributed by atoms with E-state index in [4.69, 9.17) is 13.9 Å². The van der Waals surface area contributed by atoms with E-state index in [0.29, 0.717) is 28.6 Å². The molecular weight excluding hydrogens is 464 g/mol. The third kappa shape index (κ3) is 4.67. The average Bonchev–Trinajstić information content (AvgIpc) is 3.68. The Labute approximate surface area is 205 Å². The van der Waals surface area contributed by atoms with E-state index < -0.39 is 0 Å². The molecule has 9 heteroatoms. The summed E-state index contributed by atoms with van der Waals surface area (Å²) in [4.78, 5) is 18.7. The smallest absolute Gasteiger partial charge is 0.272 e. The van der Waals surface area contributed by atoms with E-state index in [1.807, 2.05) is 66.2 Å². The minimum Gasteiger partial charge on any atom is -0.493 e. The van der Waals surface area contributed by atoms with Crippen molar-refractivity contribution in [3.05, 3.63) is 89.9 Å². The fourth-order valence-electron chi connectivity index (χ4n) is 3.63. The number of methoxy groups -OCH3 is 2. The molecule has 3 aromatic heterocycles. The highest BCUT2D eigenvalue weighted by Gasteiger charge is 2.21. The Morgan fingerprint density at radius 3 is 2.63 bits per heavy atom. The number of carbonyl (C=O) groups is 1. The molecule has 0 atom stereocenters. The van der Waals surface area contributed by atoms with Crippen LogP contribution in [-0.4, -0.2) is 34.9 Å². The largest absolute Gasteiger partial charge is 0.493 e. The van der Waals surface area contributed by atoms with Gasteiger partial charge in [-0.05, 0) is 41.3 Å². The van der Waals surface area contributed by atoms with Crippen molar-refractivity contribution < 1.29 is 18.7 Å². The fourth-order valence-corrected chi connectivity index (χ4v) is 4.28. The zero-order valence-corrected chi connectivity index (χ0v) is 19.9. The molecule has 3 heterocycles. The highest BCUT2D eigenvalue weighted by Crippen LogP contribution is 2.34.